The number of nitrogens with one attached hydrogen (secondary N) is 1. The van der Waals surface area contributed by atoms with E-state index < -0.39 is 5.54 Å². The van der Waals surface area contributed by atoms with Gasteiger partial charge in [0.05, 0.1) is 6.54 Å². The topological polar surface area (TPSA) is 54.3 Å². The van der Waals surface area contributed by atoms with E-state index in [4.69, 9.17) is 0 Å². The van der Waals surface area contributed by atoms with Crippen LogP contribution in [0.15, 0.2) is 30.3 Å². The van der Waals surface area contributed by atoms with Crippen molar-refractivity contribution < 1.29 is 9.59 Å². The largest absolute Gasteiger partial charge is 0.351 e. The Morgan fingerprint density at radius 3 is 2.61 bits per heavy atom. The lowest BCUT2D eigenvalue weighted by Gasteiger charge is -2.44. The summed E-state index contributed by atoms with van der Waals surface area (Å²) in [5.74, 6) is -0.0487. The molecule has 4 rings (SSSR count). The van der Waals surface area contributed by atoms with Crippen molar-refractivity contribution in [1.82, 2.24) is 14.8 Å². The molecule has 150 valence electrons. The van der Waals surface area contributed by atoms with Gasteiger partial charge in [-0.25, -0.2) is 0 Å². The Bertz CT molecular complexity index is 879. The Morgan fingerprint density at radius 2 is 1.89 bits per heavy atom. The summed E-state index contributed by atoms with van der Waals surface area (Å²) < 4.78 is 2.04. The molecule has 1 saturated carbocycles. The predicted octanol–water partition coefficient (Wildman–Crippen LogP) is 4.10. The molecular formula is C23H31N3O2. The molecule has 5 heteroatoms. The van der Waals surface area contributed by atoms with Crippen molar-refractivity contribution in [3.8, 4) is 0 Å². The summed E-state index contributed by atoms with van der Waals surface area (Å²) in [5, 5.41) is 4.35. The first-order chi connectivity index (χ1) is 13.5. The number of carbonyl (C=O) groups is 2. The van der Waals surface area contributed by atoms with Crippen molar-refractivity contribution in [2.24, 2.45) is 0 Å². The number of nitrogens with zero attached hydrogens (tertiary/aromatic N) is 2. The lowest BCUT2D eigenvalue weighted by Crippen LogP contribution is -2.65. The number of rotatable bonds is 4. The fraction of sp³-hybridized carbons (Fsp3) is 0.565. The van der Waals surface area contributed by atoms with Crippen LogP contribution in [-0.2, 0) is 11.3 Å². The highest BCUT2D eigenvalue weighted by molar-refractivity contribution is 6.03. The Hall–Kier alpha value is -2.30. The molecule has 0 bridgehead atoms. The SMILES string of the molecule is CCCN1C(=O)c2cc3ccccc3n2C[C@@]1(C)C(=O)NC1CCCCCC1. The molecule has 2 aromatic rings. The van der Waals surface area contributed by atoms with Crippen molar-refractivity contribution in [2.45, 2.75) is 76.9 Å². The molecule has 5 nitrogen and oxygen atoms in total. The minimum atomic E-state index is -0.867. The summed E-state index contributed by atoms with van der Waals surface area (Å²) in [4.78, 5) is 28.6. The van der Waals surface area contributed by atoms with Gasteiger partial charge in [0.1, 0.15) is 11.2 Å². The van der Waals surface area contributed by atoms with E-state index in [9.17, 15) is 9.59 Å². The molecule has 2 amide bonds. The summed E-state index contributed by atoms with van der Waals surface area (Å²) in [6, 6.07) is 10.2. The van der Waals surface area contributed by atoms with E-state index in [1.165, 1.54) is 25.7 Å². The van der Waals surface area contributed by atoms with Crippen LogP contribution in [-0.4, -0.2) is 39.4 Å². The number of carbonyl (C=O) groups excluding carboxylic acids is 2. The second-order valence-corrected chi connectivity index (χ2v) is 8.57. The zero-order valence-corrected chi connectivity index (χ0v) is 17.0. The van der Waals surface area contributed by atoms with Gasteiger partial charge in [-0.3, -0.25) is 9.59 Å². The lowest BCUT2D eigenvalue weighted by molar-refractivity contribution is -0.133. The molecule has 1 aromatic carbocycles. The first-order valence-corrected chi connectivity index (χ1v) is 10.8. The number of para-hydroxylation sites is 1. The van der Waals surface area contributed by atoms with Gasteiger partial charge in [0.2, 0.25) is 5.91 Å². The Kier molecular flexibility index (Phi) is 5.17. The van der Waals surface area contributed by atoms with Crippen molar-refractivity contribution >= 4 is 22.7 Å². The van der Waals surface area contributed by atoms with Gasteiger partial charge in [-0.05, 0) is 38.3 Å². The summed E-state index contributed by atoms with van der Waals surface area (Å²) in [6.07, 6.45) is 7.77. The van der Waals surface area contributed by atoms with Crippen molar-refractivity contribution in [3.63, 3.8) is 0 Å². The zero-order chi connectivity index (χ0) is 19.7. The number of benzene rings is 1. The molecular weight excluding hydrogens is 350 g/mol. The average Bonchev–Trinajstić information content (AvgIpc) is 2.86. The highest BCUT2D eigenvalue weighted by Crippen LogP contribution is 2.32. The van der Waals surface area contributed by atoms with Crippen LogP contribution in [0, 0.1) is 0 Å². The van der Waals surface area contributed by atoms with Crippen molar-refractivity contribution in [1.29, 1.82) is 0 Å². The van der Waals surface area contributed by atoms with Crippen molar-refractivity contribution in [2.75, 3.05) is 6.54 Å². The quantitative estimate of drug-likeness (QED) is 0.811. The molecule has 1 aliphatic heterocycles. The van der Waals surface area contributed by atoms with Crippen LogP contribution in [0.3, 0.4) is 0 Å². The highest BCUT2D eigenvalue weighted by Gasteiger charge is 2.47. The molecule has 1 N–H and O–H groups in total. The van der Waals surface area contributed by atoms with Gasteiger partial charge in [0.15, 0.2) is 0 Å². The van der Waals surface area contributed by atoms with Gasteiger partial charge in [0.25, 0.3) is 5.91 Å². The first kappa shape index (κ1) is 19.0. The molecule has 1 atom stereocenters. The minimum Gasteiger partial charge on any atom is -0.351 e. The van der Waals surface area contributed by atoms with E-state index in [2.05, 4.69) is 12.2 Å². The van der Waals surface area contributed by atoms with Gasteiger partial charge in [-0.15, -0.1) is 0 Å². The maximum absolute atomic E-state index is 13.5. The van der Waals surface area contributed by atoms with E-state index in [0.29, 0.717) is 18.8 Å². The molecule has 1 fully saturated rings. The number of hydrogen-bond acceptors (Lipinski definition) is 2. The van der Waals surface area contributed by atoms with E-state index in [1.807, 2.05) is 41.8 Å². The van der Waals surface area contributed by atoms with Crippen LogP contribution in [0.25, 0.3) is 10.9 Å². The summed E-state index contributed by atoms with van der Waals surface area (Å²) in [5.41, 5.74) is 0.846. The molecule has 2 aliphatic rings. The number of fused-ring (bicyclic) bond motifs is 3. The van der Waals surface area contributed by atoms with Gasteiger partial charge >= 0.3 is 0 Å². The van der Waals surface area contributed by atoms with Gasteiger partial charge in [-0.1, -0.05) is 50.8 Å². The monoisotopic (exact) mass is 381 g/mol. The maximum Gasteiger partial charge on any atom is 0.271 e. The average molecular weight is 382 g/mol. The fourth-order valence-electron chi connectivity index (χ4n) is 4.84. The second-order valence-electron chi connectivity index (χ2n) is 8.57. The highest BCUT2D eigenvalue weighted by atomic mass is 16.2. The second kappa shape index (κ2) is 7.61. The van der Waals surface area contributed by atoms with E-state index >= 15 is 0 Å². The molecule has 0 radical (unpaired) electrons. The molecule has 1 aromatic heterocycles. The lowest BCUT2D eigenvalue weighted by atomic mass is 9.93. The smallest absolute Gasteiger partial charge is 0.271 e. The standard InChI is InChI=1S/C23H31N3O2/c1-3-14-26-21(27)20-15-17-10-8-9-13-19(17)25(20)16-23(26,2)22(28)24-18-11-6-4-5-7-12-18/h8-10,13,15,18H,3-7,11-12,14,16H2,1-2H3,(H,24,28)/t23-/m0/s1. The van der Waals surface area contributed by atoms with Gasteiger partial charge < -0.3 is 14.8 Å². The van der Waals surface area contributed by atoms with Gasteiger partial charge in [-0.2, -0.15) is 0 Å². The molecule has 0 spiro atoms. The van der Waals surface area contributed by atoms with Crippen LogP contribution in [0.5, 0.6) is 0 Å². The van der Waals surface area contributed by atoms with E-state index in [-0.39, 0.29) is 17.9 Å². The Morgan fingerprint density at radius 1 is 1.18 bits per heavy atom. The summed E-state index contributed by atoms with van der Waals surface area (Å²) >= 11 is 0. The Labute approximate surface area is 167 Å². The van der Waals surface area contributed by atoms with Crippen molar-refractivity contribution in [3.05, 3.63) is 36.0 Å². The Balaban J connectivity index is 1.69. The molecule has 0 unspecified atom stereocenters. The van der Waals surface area contributed by atoms with Crippen LogP contribution in [0.4, 0.5) is 0 Å². The third kappa shape index (κ3) is 3.21. The number of aromatic nitrogens is 1. The predicted molar refractivity (Wildman–Crippen MR) is 111 cm³/mol. The third-order valence-corrected chi connectivity index (χ3v) is 6.46. The van der Waals surface area contributed by atoms with E-state index in [0.717, 1.165) is 30.2 Å². The van der Waals surface area contributed by atoms with Crippen LogP contribution >= 0.6 is 0 Å². The first-order valence-electron chi connectivity index (χ1n) is 10.8. The summed E-state index contributed by atoms with van der Waals surface area (Å²) in [7, 11) is 0. The van der Waals surface area contributed by atoms with Crippen LogP contribution in [0.1, 0.15) is 69.3 Å². The fourth-order valence-corrected chi connectivity index (χ4v) is 4.84. The number of hydrogen-bond donors (Lipinski definition) is 1. The number of amides is 2. The normalized spacial score (nSPS) is 23.5. The minimum absolute atomic E-state index is 0.00960. The van der Waals surface area contributed by atoms with Gasteiger partial charge in [0, 0.05) is 23.5 Å². The van der Waals surface area contributed by atoms with Crippen LogP contribution in [0.2, 0.25) is 0 Å². The molecule has 28 heavy (non-hydrogen) atoms. The maximum atomic E-state index is 13.5. The third-order valence-electron chi connectivity index (χ3n) is 6.46. The molecule has 0 saturated heterocycles. The van der Waals surface area contributed by atoms with E-state index in [1.54, 1.807) is 4.90 Å². The molecule has 1 aliphatic carbocycles. The summed E-state index contributed by atoms with van der Waals surface area (Å²) in [6.45, 7) is 5.08. The zero-order valence-electron chi connectivity index (χ0n) is 17.0. The van der Waals surface area contributed by atoms with Crippen LogP contribution < -0.4 is 5.32 Å². The molecule has 2 heterocycles.